The van der Waals surface area contributed by atoms with Gasteiger partial charge in [-0.25, -0.2) is 17.5 Å². The lowest BCUT2D eigenvalue weighted by Gasteiger charge is -2.17. The van der Waals surface area contributed by atoms with E-state index >= 15 is 0 Å². The minimum Gasteiger partial charge on any atom is -0.480 e. The number of halogens is 1. The predicted molar refractivity (Wildman–Crippen MR) is 68.4 cm³/mol. The van der Waals surface area contributed by atoms with Crippen LogP contribution in [0.4, 0.5) is 4.39 Å². The summed E-state index contributed by atoms with van der Waals surface area (Å²) in [6.45, 7) is 3.20. The third-order valence-electron chi connectivity index (χ3n) is 2.48. The SMILES string of the molecule is CC(C)C(NS(=O)(=O)Cc1cccc(F)c1)C(=O)O. The van der Waals surface area contributed by atoms with Crippen molar-refractivity contribution in [2.75, 3.05) is 0 Å². The van der Waals surface area contributed by atoms with Gasteiger partial charge in [-0.3, -0.25) is 4.79 Å². The Balaban J connectivity index is 2.84. The second kappa shape index (κ2) is 6.12. The number of hydrogen-bond acceptors (Lipinski definition) is 3. The number of hydrogen-bond donors (Lipinski definition) is 2. The lowest BCUT2D eigenvalue weighted by molar-refractivity contribution is -0.140. The zero-order valence-corrected chi connectivity index (χ0v) is 11.4. The zero-order chi connectivity index (χ0) is 14.6. The van der Waals surface area contributed by atoms with Crippen LogP contribution in [0.2, 0.25) is 0 Å². The molecule has 0 spiro atoms. The van der Waals surface area contributed by atoms with E-state index in [4.69, 9.17) is 5.11 Å². The van der Waals surface area contributed by atoms with Gasteiger partial charge in [-0.15, -0.1) is 0 Å². The van der Waals surface area contributed by atoms with Gasteiger partial charge < -0.3 is 5.11 Å². The maximum Gasteiger partial charge on any atom is 0.321 e. The van der Waals surface area contributed by atoms with E-state index in [2.05, 4.69) is 4.72 Å². The molecule has 1 aromatic rings. The molecule has 0 aromatic heterocycles. The number of carbonyl (C=O) groups is 1. The number of benzene rings is 1. The highest BCUT2D eigenvalue weighted by Crippen LogP contribution is 2.10. The van der Waals surface area contributed by atoms with Gasteiger partial charge in [0.2, 0.25) is 10.0 Å². The van der Waals surface area contributed by atoms with E-state index in [0.717, 1.165) is 6.07 Å². The molecule has 0 aliphatic carbocycles. The first-order valence-electron chi connectivity index (χ1n) is 5.68. The third-order valence-corrected chi connectivity index (χ3v) is 3.81. The van der Waals surface area contributed by atoms with Crippen LogP contribution in [0.3, 0.4) is 0 Å². The molecule has 19 heavy (non-hydrogen) atoms. The lowest BCUT2D eigenvalue weighted by atomic mass is 10.1. The Hall–Kier alpha value is -1.47. The fourth-order valence-electron chi connectivity index (χ4n) is 1.55. The summed E-state index contributed by atoms with van der Waals surface area (Å²) in [4.78, 5) is 10.9. The van der Waals surface area contributed by atoms with Gasteiger partial charge in [0.15, 0.2) is 0 Å². The monoisotopic (exact) mass is 289 g/mol. The van der Waals surface area contributed by atoms with E-state index in [9.17, 15) is 17.6 Å². The van der Waals surface area contributed by atoms with E-state index < -0.39 is 33.6 Å². The number of carboxylic acid groups (broad SMARTS) is 1. The Labute approximate surface area is 111 Å². The van der Waals surface area contributed by atoms with Gasteiger partial charge in [0.05, 0.1) is 5.75 Å². The average molecular weight is 289 g/mol. The Kier molecular flexibility index (Phi) is 5.02. The predicted octanol–water partition coefficient (Wildman–Crippen LogP) is 1.35. The molecular formula is C12H16FNO4S. The van der Waals surface area contributed by atoms with Gasteiger partial charge in [0, 0.05) is 0 Å². The van der Waals surface area contributed by atoms with Crippen molar-refractivity contribution < 1.29 is 22.7 Å². The summed E-state index contributed by atoms with van der Waals surface area (Å²) >= 11 is 0. The maximum absolute atomic E-state index is 13.0. The molecule has 0 aliphatic heterocycles. The molecule has 0 fully saturated rings. The third kappa shape index (κ3) is 4.96. The molecule has 106 valence electrons. The highest BCUT2D eigenvalue weighted by molar-refractivity contribution is 7.88. The Morgan fingerprint density at radius 1 is 1.42 bits per heavy atom. The van der Waals surface area contributed by atoms with Crippen LogP contribution in [0.25, 0.3) is 0 Å². The van der Waals surface area contributed by atoms with Crippen molar-refractivity contribution in [2.45, 2.75) is 25.6 Å². The van der Waals surface area contributed by atoms with Gasteiger partial charge >= 0.3 is 5.97 Å². The average Bonchev–Trinajstić information content (AvgIpc) is 2.24. The number of rotatable bonds is 6. The zero-order valence-electron chi connectivity index (χ0n) is 10.6. The molecule has 0 radical (unpaired) electrons. The first-order valence-corrected chi connectivity index (χ1v) is 7.34. The molecule has 1 rings (SSSR count). The van der Waals surface area contributed by atoms with E-state index in [-0.39, 0.29) is 11.5 Å². The molecule has 7 heteroatoms. The maximum atomic E-state index is 13.0. The van der Waals surface area contributed by atoms with Crippen molar-refractivity contribution in [3.05, 3.63) is 35.6 Å². The van der Waals surface area contributed by atoms with Gasteiger partial charge in [-0.05, 0) is 23.6 Å². The molecule has 0 amide bonds. The minimum atomic E-state index is -3.84. The van der Waals surface area contributed by atoms with Gasteiger partial charge in [-0.2, -0.15) is 0 Å². The van der Waals surface area contributed by atoms with Crippen molar-refractivity contribution >= 4 is 16.0 Å². The minimum absolute atomic E-state index is 0.264. The molecule has 0 saturated carbocycles. The van der Waals surface area contributed by atoms with Crippen LogP contribution >= 0.6 is 0 Å². The van der Waals surface area contributed by atoms with E-state index in [1.54, 1.807) is 13.8 Å². The normalized spacial score (nSPS) is 13.5. The van der Waals surface area contributed by atoms with Crippen molar-refractivity contribution in [2.24, 2.45) is 5.92 Å². The van der Waals surface area contributed by atoms with Crippen LogP contribution in [0.15, 0.2) is 24.3 Å². The standard InChI is InChI=1S/C12H16FNO4S/c1-8(2)11(12(15)16)14-19(17,18)7-9-4-3-5-10(13)6-9/h3-6,8,11,14H,7H2,1-2H3,(H,15,16). The van der Waals surface area contributed by atoms with Crippen LogP contribution < -0.4 is 4.72 Å². The van der Waals surface area contributed by atoms with Crippen LogP contribution in [0.5, 0.6) is 0 Å². The Morgan fingerprint density at radius 2 is 2.05 bits per heavy atom. The highest BCUT2D eigenvalue weighted by Gasteiger charge is 2.26. The smallest absolute Gasteiger partial charge is 0.321 e. The molecule has 1 atom stereocenters. The van der Waals surface area contributed by atoms with Crippen LogP contribution in [-0.2, 0) is 20.6 Å². The van der Waals surface area contributed by atoms with Crippen LogP contribution in [0.1, 0.15) is 19.4 Å². The first-order chi connectivity index (χ1) is 8.71. The van der Waals surface area contributed by atoms with Gasteiger partial charge in [-0.1, -0.05) is 26.0 Å². The molecule has 2 N–H and O–H groups in total. The second-order valence-corrected chi connectivity index (χ2v) is 6.32. The summed E-state index contributed by atoms with van der Waals surface area (Å²) in [5.74, 6) is -2.62. The summed E-state index contributed by atoms with van der Waals surface area (Å²) in [5, 5.41) is 8.93. The van der Waals surface area contributed by atoms with E-state index in [1.165, 1.54) is 18.2 Å². The van der Waals surface area contributed by atoms with Crippen LogP contribution in [0, 0.1) is 11.7 Å². The summed E-state index contributed by atoms with van der Waals surface area (Å²) in [6.07, 6.45) is 0. The Bertz CT molecular complexity index is 557. The fourth-order valence-corrected chi connectivity index (χ4v) is 3.01. The largest absolute Gasteiger partial charge is 0.480 e. The molecule has 0 bridgehead atoms. The molecule has 5 nitrogen and oxygen atoms in total. The van der Waals surface area contributed by atoms with Crippen molar-refractivity contribution in [3.63, 3.8) is 0 Å². The summed E-state index contributed by atoms with van der Waals surface area (Å²) in [6, 6.07) is 3.98. The topological polar surface area (TPSA) is 83.5 Å². The quantitative estimate of drug-likeness (QED) is 0.828. The van der Waals surface area contributed by atoms with E-state index in [1.807, 2.05) is 0 Å². The summed E-state index contributed by atoms with van der Waals surface area (Å²) in [5.41, 5.74) is 0.264. The summed E-state index contributed by atoms with van der Waals surface area (Å²) in [7, 11) is -3.84. The molecule has 1 aromatic carbocycles. The second-order valence-electron chi connectivity index (χ2n) is 4.57. The number of sulfonamides is 1. The number of carboxylic acids is 1. The van der Waals surface area contributed by atoms with Crippen molar-refractivity contribution in [1.82, 2.24) is 4.72 Å². The van der Waals surface area contributed by atoms with Crippen molar-refractivity contribution in [1.29, 1.82) is 0 Å². The molecular weight excluding hydrogens is 273 g/mol. The van der Waals surface area contributed by atoms with E-state index in [0.29, 0.717) is 0 Å². The molecule has 1 unspecified atom stereocenters. The molecule has 0 aliphatic rings. The van der Waals surface area contributed by atoms with Crippen LogP contribution in [-0.4, -0.2) is 25.5 Å². The lowest BCUT2D eigenvalue weighted by Crippen LogP contribution is -2.44. The number of aliphatic carboxylic acids is 1. The Morgan fingerprint density at radius 3 is 2.53 bits per heavy atom. The van der Waals surface area contributed by atoms with Gasteiger partial charge in [0.1, 0.15) is 11.9 Å². The molecule has 0 saturated heterocycles. The van der Waals surface area contributed by atoms with Gasteiger partial charge in [0.25, 0.3) is 0 Å². The fraction of sp³-hybridized carbons (Fsp3) is 0.417. The first kappa shape index (κ1) is 15.6. The molecule has 0 heterocycles. The summed E-state index contributed by atoms with van der Waals surface area (Å²) < 4.78 is 38.7. The highest BCUT2D eigenvalue weighted by atomic mass is 32.2. The van der Waals surface area contributed by atoms with Crippen molar-refractivity contribution in [3.8, 4) is 0 Å². The number of nitrogens with one attached hydrogen (secondary N) is 1.